The maximum atomic E-state index is 10.6. The maximum Gasteiger partial charge on any atom is 0.305 e. The Hall–Kier alpha value is -3.16. The van der Waals surface area contributed by atoms with E-state index in [1.165, 1.54) is 10.1 Å². The number of aryl methyl sites for hydroxylation is 1. The van der Waals surface area contributed by atoms with E-state index >= 15 is 0 Å². The fourth-order valence-corrected chi connectivity index (χ4v) is 4.15. The van der Waals surface area contributed by atoms with Gasteiger partial charge in [0.05, 0.1) is 24.0 Å². The average molecular weight is 438 g/mol. The number of carbonyl (C=O) groups is 1. The smallest absolute Gasteiger partial charge is 0.305 e. The molecule has 2 aromatic heterocycles. The fraction of sp³-hybridized carbons (Fsp3) is 0.250. The van der Waals surface area contributed by atoms with E-state index in [1.54, 1.807) is 11.3 Å². The van der Waals surface area contributed by atoms with Crippen LogP contribution < -0.4 is 4.74 Å². The molecule has 0 aliphatic heterocycles. The van der Waals surface area contributed by atoms with Crippen LogP contribution in [0.4, 0.5) is 0 Å². The number of thiophene rings is 1. The lowest BCUT2D eigenvalue weighted by Crippen LogP contribution is -2.06. The van der Waals surface area contributed by atoms with Crippen molar-refractivity contribution in [1.29, 1.82) is 0 Å². The summed E-state index contributed by atoms with van der Waals surface area (Å²) in [6, 6.07) is 17.9. The Morgan fingerprint density at radius 2 is 1.97 bits per heavy atom. The first-order chi connectivity index (χ1) is 15.0. The second-order valence-corrected chi connectivity index (χ2v) is 8.27. The Morgan fingerprint density at radius 1 is 1.19 bits per heavy atom. The average Bonchev–Trinajstić information content (AvgIpc) is 3.35. The van der Waals surface area contributed by atoms with Gasteiger partial charge in [-0.25, -0.2) is 4.98 Å². The molecule has 7 heteroatoms. The number of fused-ring (bicyclic) bond motifs is 1. The summed E-state index contributed by atoms with van der Waals surface area (Å²) in [6.45, 7) is 4.28. The van der Waals surface area contributed by atoms with Crippen molar-refractivity contribution in [2.45, 2.75) is 33.0 Å². The molecule has 0 aliphatic carbocycles. The summed E-state index contributed by atoms with van der Waals surface area (Å²) >= 11 is 1.66. The summed E-state index contributed by atoms with van der Waals surface area (Å²) < 4.78 is 18.5. The molecule has 0 radical (unpaired) electrons. The van der Waals surface area contributed by atoms with Gasteiger partial charge >= 0.3 is 5.97 Å². The van der Waals surface area contributed by atoms with Crippen molar-refractivity contribution in [3.63, 3.8) is 0 Å². The lowest BCUT2D eigenvalue weighted by molar-refractivity contribution is -0.138. The van der Waals surface area contributed by atoms with Crippen LogP contribution in [-0.4, -0.2) is 22.7 Å². The van der Waals surface area contributed by atoms with Crippen LogP contribution in [-0.2, 0) is 16.1 Å². The van der Waals surface area contributed by atoms with Crippen molar-refractivity contribution >= 4 is 27.4 Å². The third-order valence-corrected chi connectivity index (χ3v) is 6.04. The molecule has 1 atom stereocenters. The first-order valence-corrected chi connectivity index (χ1v) is 10.8. The van der Waals surface area contributed by atoms with Gasteiger partial charge in [0.1, 0.15) is 23.8 Å². The highest BCUT2D eigenvalue weighted by Gasteiger charge is 2.15. The second kappa shape index (κ2) is 9.32. The van der Waals surface area contributed by atoms with Crippen LogP contribution in [0, 0.1) is 6.92 Å². The Kier molecular flexibility index (Phi) is 6.34. The minimum absolute atomic E-state index is 0.00786. The molecule has 2 heterocycles. The summed E-state index contributed by atoms with van der Waals surface area (Å²) in [7, 11) is 0. The third kappa shape index (κ3) is 5.13. The Bertz CT molecular complexity index is 1150. The van der Waals surface area contributed by atoms with Gasteiger partial charge in [0.25, 0.3) is 0 Å². The van der Waals surface area contributed by atoms with Crippen LogP contribution in [0.3, 0.4) is 0 Å². The molecule has 4 rings (SSSR count). The van der Waals surface area contributed by atoms with Gasteiger partial charge in [-0.05, 0) is 49.1 Å². The summed E-state index contributed by atoms with van der Waals surface area (Å²) in [4.78, 5) is 16.2. The third-order valence-electron chi connectivity index (χ3n) is 4.94. The number of rotatable bonds is 9. The molecule has 6 nitrogen and oxygen atoms in total. The van der Waals surface area contributed by atoms with Gasteiger partial charge in [-0.3, -0.25) is 4.79 Å². The van der Waals surface area contributed by atoms with E-state index in [9.17, 15) is 4.79 Å². The Labute approximate surface area is 184 Å². The second-order valence-electron chi connectivity index (χ2n) is 7.18. The van der Waals surface area contributed by atoms with Gasteiger partial charge in [0.2, 0.25) is 5.89 Å². The van der Waals surface area contributed by atoms with E-state index < -0.39 is 5.97 Å². The minimum Gasteiger partial charge on any atom is -0.487 e. The molecule has 0 saturated heterocycles. The highest BCUT2D eigenvalue weighted by Crippen LogP contribution is 2.34. The number of hydrogen-bond acceptors (Lipinski definition) is 6. The fourth-order valence-electron chi connectivity index (χ4n) is 3.16. The Balaban J connectivity index is 1.37. The number of benzene rings is 2. The lowest BCUT2D eigenvalue weighted by atomic mass is 10.1. The standard InChI is InChI=1S/C24H23NO5S/c1-15(28-12-11-23(26)27)17-7-9-19(10-8-17)29-14-20-16(2)30-24(25-20)22-13-18-5-3-4-6-21(18)31-22/h3-10,13,15H,11-12,14H2,1-2H3,(H,26,27). The van der Waals surface area contributed by atoms with E-state index in [0.29, 0.717) is 18.2 Å². The van der Waals surface area contributed by atoms with Crippen molar-refractivity contribution < 1.29 is 23.8 Å². The number of ether oxygens (including phenoxy) is 2. The largest absolute Gasteiger partial charge is 0.487 e. The Morgan fingerprint density at radius 3 is 2.71 bits per heavy atom. The van der Waals surface area contributed by atoms with Crippen LogP contribution in [0.5, 0.6) is 5.75 Å². The SMILES string of the molecule is Cc1oc(-c2cc3ccccc3s2)nc1COc1ccc(C(C)OCCC(=O)O)cc1. The van der Waals surface area contributed by atoms with Crippen molar-refractivity contribution in [3.05, 3.63) is 71.6 Å². The molecule has 1 unspecified atom stereocenters. The molecule has 0 bridgehead atoms. The van der Waals surface area contributed by atoms with Gasteiger partial charge < -0.3 is 19.0 Å². The minimum atomic E-state index is -0.866. The molecule has 31 heavy (non-hydrogen) atoms. The monoisotopic (exact) mass is 437 g/mol. The van der Waals surface area contributed by atoms with Gasteiger partial charge in [-0.15, -0.1) is 11.3 Å². The van der Waals surface area contributed by atoms with E-state index in [2.05, 4.69) is 23.2 Å². The maximum absolute atomic E-state index is 10.6. The number of oxazole rings is 1. The quantitative estimate of drug-likeness (QED) is 0.346. The first-order valence-electron chi connectivity index (χ1n) is 10.0. The zero-order chi connectivity index (χ0) is 21.8. The number of hydrogen-bond donors (Lipinski definition) is 1. The van der Waals surface area contributed by atoms with Crippen molar-refractivity contribution in [2.75, 3.05) is 6.61 Å². The number of aliphatic carboxylic acids is 1. The highest BCUT2D eigenvalue weighted by molar-refractivity contribution is 7.22. The molecular formula is C24H23NO5S. The molecule has 0 aliphatic rings. The first kappa shape index (κ1) is 21.1. The van der Waals surface area contributed by atoms with E-state index in [1.807, 2.05) is 50.2 Å². The molecule has 0 spiro atoms. The summed E-state index contributed by atoms with van der Waals surface area (Å²) in [5.74, 6) is 1.20. The van der Waals surface area contributed by atoms with Crippen LogP contribution in [0.25, 0.3) is 20.9 Å². The molecular weight excluding hydrogens is 414 g/mol. The molecule has 0 saturated carbocycles. The van der Waals surface area contributed by atoms with Gasteiger partial charge in [0.15, 0.2) is 0 Å². The zero-order valence-electron chi connectivity index (χ0n) is 17.3. The van der Waals surface area contributed by atoms with Crippen molar-refractivity contribution in [3.8, 4) is 16.5 Å². The predicted octanol–water partition coefficient (Wildman–Crippen LogP) is 6.00. The summed E-state index contributed by atoms with van der Waals surface area (Å²) in [5.41, 5.74) is 1.73. The topological polar surface area (TPSA) is 81.8 Å². The molecule has 0 fully saturated rings. The number of carboxylic acids is 1. The summed E-state index contributed by atoms with van der Waals surface area (Å²) in [5, 5.41) is 9.88. The van der Waals surface area contributed by atoms with Crippen molar-refractivity contribution in [2.24, 2.45) is 0 Å². The number of carboxylic acid groups (broad SMARTS) is 1. The number of nitrogens with zero attached hydrogens (tertiary/aromatic N) is 1. The number of aromatic nitrogens is 1. The molecule has 2 aromatic carbocycles. The van der Waals surface area contributed by atoms with Gasteiger partial charge in [-0.1, -0.05) is 30.3 Å². The zero-order valence-corrected chi connectivity index (χ0v) is 18.1. The van der Waals surface area contributed by atoms with E-state index in [0.717, 1.165) is 21.9 Å². The van der Waals surface area contributed by atoms with E-state index in [-0.39, 0.29) is 19.1 Å². The van der Waals surface area contributed by atoms with Crippen LogP contribution in [0.1, 0.15) is 36.5 Å². The van der Waals surface area contributed by atoms with E-state index in [4.69, 9.17) is 19.0 Å². The van der Waals surface area contributed by atoms with Crippen LogP contribution in [0.15, 0.2) is 59.0 Å². The summed E-state index contributed by atoms with van der Waals surface area (Å²) in [6.07, 6.45) is -0.193. The van der Waals surface area contributed by atoms with Crippen molar-refractivity contribution in [1.82, 2.24) is 4.98 Å². The normalized spacial score (nSPS) is 12.2. The van der Waals surface area contributed by atoms with Gasteiger partial charge in [0, 0.05) is 4.70 Å². The van der Waals surface area contributed by atoms with Crippen LogP contribution in [0.2, 0.25) is 0 Å². The molecule has 0 amide bonds. The highest BCUT2D eigenvalue weighted by atomic mass is 32.1. The predicted molar refractivity (Wildman–Crippen MR) is 119 cm³/mol. The molecule has 160 valence electrons. The van der Waals surface area contributed by atoms with Crippen LogP contribution >= 0.6 is 11.3 Å². The van der Waals surface area contributed by atoms with Gasteiger partial charge in [-0.2, -0.15) is 0 Å². The lowest BCUT2D eigenvalue weighted by Gasteiger charge is -2.13. The molecule has 1 N–H and O–H groups in total. The molecule has 4 aromatic rings.